The summed E-state index contributed by atoms with van der Waals surface area (Å²) in [5.41, 5.74) is 1.45. The van der Waals surface area contributed by atoms with Gasteiger partial charge in [0.1, 0.15) is 5.00 Å². The number of hydrogen-bond donors (Lipinski definition) is 2. The molecule has 104 valence electrons. The Bertz CT molecular complexity index is 694. The van der Waals surface area contributed by atoms with E-state index in [4.69, 9.17) is 5.11 Å². The zero-order valence-electron chi connectivity index (χ0n) is 10.9. The van der Waals surface area contributed by atoms with Crippen LogP contribution < -0.4 is 5.32 Å². The lowest BCUT2D eigenvalue weighted by atomic mass is 10.1. The number of rotatable bonds is 3. The van der Waals surface area contributed by atoms with Gasteiger partial charge < -0.3 is 10.4 Å². The van der Waals surface area contributed by atoms with Gasteiger partial charge in [0.25, 0.3) is 5.91 Å². The minimum atomic E-state index is -1.05. The summed E-state index contributed by atoms with van der Waals surface area (Å²) in [5, 5.41) is 12.1. The fraction of sp³-hybridized carbons (Fsp3) is 0.143. The van der Waals surface area contributed by atoms with Crippen LogP contribution in [0.1, 0.15) is 31.2 Å². The van der Waals surface area contributed by atoms with Gasteiger partial charge in [0.05, 0.1) is 5.56 Å². The van der Waals surface area contributed by atoms with Crippen LogP contribution in [0.3, 0.4) is 0 Å². The molecule has 2 N–H and O–H groups in total. The average Bonchev–Trinajstić information content (AvgIpc) is 2.73. The zero-order chi connectivity index (χ0) is 14.9. The number of benzene rings is 1. The van der Waals surface area contributed by atoms with Crippen molar-refractivity contribution in [2.24, 2.45) is 0 Å². The molecule has 0 unspecified atom stereocenters. The smallest absolute Gasteiger partial charge is 0.338 e. The van der Waals surface area contributed by atoms with Crippen LogP contribution in [0.2, 0.25) is 0 Å². The second kappa shape index (κ2) is 5.76. The number of carbonyl (C=O) groups is 2. The Labute approximate surface area is 128 Å². The summed E-state index contributed by atoms with van der Waals surface area (Å²) >= 11 is 4.62. The molecule has 0 bridgehead atoms. The number of amides is 1. The van der Waals surface area contributed by atoms with E-state index in [9.17, 15) is 9.59 Å². The van der Waals surface area contributed by atoms with Crippen LogP contribution in [0.5, 0.6) is 0 Å². The third-order valence-corrected chi connectivity index (χ3v) is 4.65. The van der Waals surface area contributed by atoms with Crippen molar-refractivity contribution in [1.82, 2.24) is 0 Å². The van der Waals surface area contributed by atoms with Gasteiger partial charge in [0.2, 0.25) is 0 Å². The Kier molecular flexibility index (Phi) is 4.25. The summed E-state index contributed by atoms with van der Waals surface area (Å²) in [6.07, 6.45) is 0. The molecule has 0 aliphatic carbocycles. The van der Waals surface area contributed by atoms with E-state index in [2.05, 4.69) is 21.2 Å². The summed E-state index contributed by atoms with van der Waals surface area (Å²) in [6, 6.07) is 6.88. The van der Waals surface area contributed by atoms with Gasteiger partial charge in [-0.15, -0.1) is 11.3 Å². The van der Waals surface area contributed by atoms with E-state index in [1.807, 2.05) is 13.0 Å². The van der Waals surface area contributed by atoms with Crippen molar-refractivity contribution in [1.29, 1.82) is 0 Å². The molecule has 0 fully saturated rings. The maximum Gasteiger partial charge on any atom is 0.338 e. The van der Waals surface area contributed by atoms with Crippen LogP contribution >= 0.6 is 27.3 Å². The summed E-state index contributed by atoms with van der Waals surface area (Å²) in [6.45, 7) is 3.63. The van der Waals surface area contributed by atoms with Crippen molar-refractivity contribution in [3.8, 4) is 0 Å². The maximum atomic E-state index is 12.3. The molecule has 0 aliphatic heterocycles. The van der Waals surface area contributed by atoms with E-state index in [1.165, 1.54) is 11.3 Å². The molecule has 1 aromatic carbocycles. The number of thiophene rings is 1. The molecule has 0 atom stereocenters. The molecule has 2 rings (SSSR count). The SMILES string of the molecule is Cc1cc(C(=O)O)c(NC(=O)c2cccc(Br)c2C)s1. The molecule has 1 amide bonds. The predicted molar refractivity (Wildman–Crippen MR) is 82.8 cm³/mol. The number of anilines is 1. The van der Waals surface area contributed by atoms with E-state index in [0.29, 0.717) is 10.6 Å². The van der Waals surface area contributed by atoms with Crippen molar-refractivity contribution in [3.05, 3.63) is 50.3 Å². The average molecular weight is 354 g/mol. The normalized spacial score (nSPS) is 10.3. The Hall–Kier alpha value is -1.66. The monoisotopic (exact) mass is 353 g/mol. The first-order valence-corrected chi connectivity index (χ1v) is 7.41. The van der Waals surface area contributed by atoms with Gasteiger partial charge in [-0.25, -0.2) is 4.79 Å². The molecular formula is C14H12BrNO3S. The minimum Gasteiger partial charge on any atom is -0.478 e. The number of carbonyl (C=O) groups excluding carboxylic acids is 1. The van der Waals surface area contributed by atoms with Gasteiger partial charge in [-0.1, -0.05) is 22.0 Å². The molecule has 4 nitrogen and oxygen atoms in total. The van der Waals surface area contributed by atoms with Crippen molar-refractivity contribution < 1.29 is 14.7 Å². The van der Waals surface area contributed by atoms with E-state index >= 15 is 0 Å². The number of aryl methyl sites for hydroxylation is 1. The van der Waals surface area contributed by atoms with E-state index < -0.39 is 5.97 Å². The molecule has 20 heavy (non-hydrogen) atoms. The fourth-order valence-electron chi connectivity index (χ4n) is 1.79. The van der Waals surface area contributed by atoms with Crippen molar-refractivity contribution in [2.75, 3.05) is 5.32 Å². The lowest BCUT2D eigenvalue weighted by Crippen LogP contribution is -2.14. The summed E-state index contributed by atoms with van der Waals surface area (Å²) in [5.74, 6) is -1.36. The molecule has 0 saturated heterocycles. The molecule has 1 heterocycles. The molecule has 2 aromatic rings. The Balaban J connectivity index is 2.33. The highest BCUT2D eigenvalue weighted by molar-refractivity contribution is 9.10. The molecule has 0 saturated carbocycles. The number of hydrogen-bond acceptors (Lipinski definition) is 3. The standard InChI is InChI=1S/C14H12BrNO3S/c1-7-6-10(14(18)19)13(20-7)16-12(17)9-4-3-5-11(15)8(9)2/h3-6H,1-2H3,(H,16,17)(H,18,19). The highest BCUT2D eigenvalue weighted by Crippen LogP contribution is 2.29. The van der Waals surface area contributed by atoms with Gasteiger partial charge in [-0.05, 0) is 37.6 Å². The van der Waals surface area contributed by atoms with Crippen LogP contribution in [0, 0.1) is 13.8 Å². The van der Waals surface area contributed by atoms with Gasteiger partial charge in [0.15, 0.2) is 0 Å². The van der Waals surface area contributed by atoms with Crippen LogP contribution in [0.15, 0.2) is 28.7 Å². The number of carboxylic acid groups (broad SMARTS) is 1. The first-order chi connectivity index (χ1) is 9.40. The van der Waals surface area contributed by atoms with Gasteiger partial charge in [0, 0.05) is 14.9 Å². The third kappa shape index (κ3) is 2.91. The number of nitrogens with one attached hydrogen (secondary N) is 1. The van der Waals surface area contributed by atoms with E-state index in [-0.39, 0.29) is 11.5 Å². The predicted octanol–water partition coefficient (Wildman–Crippen LogP) is 4.08. The lowest BCUT2D eigenvalue weighted by molar-refractivity contribution is 0.0698. The zero-order valence-corrected chi connectivity index (χ0v) is 13.3. The van der Waals surface area contributed by atoms with Crippen LogP contribution in [-0.4, -0.2) is 17.0 Å². The molecule has 0 spiro atoms. The highest BCUT2D eigenvalue weighted by atomic mass is 79.9. The molecule has 0 aliphatic rings. The second-order valence-electron chi connectivity index (χ2n) is 4.27. The van der Waals surface area contributed by atoms with Crippen LogP contribution in [0.25, 0.3) is 0 Å². The Morgan fingerprint density at radius 2 is 1.95 bits per heavy atom. The maximum absolute atomic E-state index is 12.3. The molecule has 0 radical (unpaired) electrons. The Morgan fingerprint density at radius 1 is 1.25 bits per heavy atom. The highest BCUT2D eigenvalue weighted by Gasteiger charge is 2.18. The van der Waals surface area contributed by atoms with E-state index in [1.54, 1.807) is 25.1 Å². The summed E-state index contributed by atoms with van der Waals surface area (Å²) in [7, 11) is 0. The molecular weight excluding hydrogens is 342 g/mol. The third-order valence-electron chi connectivity index (χ3n) is 2.83. The van der Waals surface area contributed by atoms with Crippen LogP contribution in [0.4, 0.5) is 5.00 Å². The van der Waals surface area contributed by atoms with Crippen molar-refractivity contribution in [3.63, 3.8) is 0 Å². The van der Waals surface area contributed by atoms with Gasteiger partial charge in [-0.3, -0.25) is 4.79 Å². The first kappa shape index (κ1) is 14.7. The molecule has 1 aromatic heterocycles. The van der Waals surface area contributed by atoms with Crippen LogP contribution in [-0.2, 0) is 0 Å². The largest absolute Gasteiger partial charge is 0.478 e. The van der Waals surface area contributed by atoms with Gasteiger partial charge >= 0.3 is 5.97 Å². The minimum absolute atomic E-state index is 0.119. The fourth-order valence-corrected chi connectivity index (χ4v) is 3.05. The van der Waals surface area contributed by atoms with Gasteiger partial charge in [-0.2, -0.15) is 0 Å². The van der Waals surface area contributed by atoms with Crippen molar-refractivity contribution in [2.45, 2.75) is 13.8 Å². The first-order valence-electron chi connectivity index (χ1n) is 5.80. The molecule has 6 heteroatoms. The number of aromatic carboxylic acids is 1. The summed E-state index contributed by atoms with van der Waals surface area (Å²) in [4.78, 5) is 24.2. The Morgan fingerprint density at radius 3 is 2.60 bits per heavy atom. The van der Waals surface area contributed by atoms with Crippen molar-refractivity contribution >= 4 is 44.1 Å². The summed E-state index contributed by atoms with van der Waals surface area (Å²) < 4.78 is 0.839. The number of halogens is 1. The number of carboxylic acids is 1. The van der Waals surface area contributed by atoms with E-state index in [0.717, 1.165) is 14.9 Å². The topological polar surface area (TPSA) is 66.4 Å². The second-order valence-corrected chi connectivity index (χ2v) is 6.38. The quantitative estimate of drug-likeness (QED) is 0.873. The lowest BCUT2D eigenvalue weighted by Gasteiger charge is -2.08.